The summed E-state index contributed by atoms with van der Waals surface area (Å²) < 4.78 is 0. The van der Waals surface area contributed by atoms with Gasteiger partial charge in [-0.1, -0.05) is 30.4 Å². The Kier molecular flexibility index (Phi) is 1.45. The Morgan fingerprint density at radius 3 is 3.08 bits per heavy atom. The number of hydrogen-bond acceptors (Lipinski definition) is 1. The van der Waals surface area contributed by atoms with Crippen LogP contribution in [0.2, 0.25) is 0 Å². The summed E-state index contributed by atoms with van der Waals surface area (Å²) in [6, 6.07) is 0. The Labute approximate surface area is 78.7 Å². The third kappa shape index (κ3) is 0.998. The van der Waals surface area contributed by atoms with Gasteiger partial charge in [-0.05, 0) is 18.1 Å². The predicted molar refractivity (Wildman–Crippen MR) is 54.1 cm³/mol. The van der Waals surface area contributed by atoms with Crippen LogP contribution in [0, 0.1) is 5.92 Å². The lowest BCUT2D eigenvalue weighted by atomic mass is 9.93. The SMILES string of the molecule is C1=CCC2CN3CC=CC=C3C2=C1. The maximum Gasteiger partial charge on any atom is 0.0405 e. The van der Waals surface area contributed by atoms with Crippen molar-refractivity contribution in [3.63, 3.8) is 0 Å². The Balaban J connectivity index is 2.04. The lowest BCUT2D eigenvalue weighted by molar-refractivity contribution is 0.397. The molecule has 2 heterocycles. The molecule has 0 aromatic heterocycles. The summed E-state index contributed by atoms with van der Waals surface area (Å²) in [4.78, 5) is 2.48. The molecule has 1 saturated heterocycles. The first-order valence-corrected chi connectivity index (χ1v) is 4.94. The zero-order valence-electron chi connectivity index (χ0n) is 7.61. The minimum atomic E-state index is 0.760. The standard InChI is InChI=1S/C12H13N/c1-2-6-11-10(5-1)9-13-8-4-3-7-12(11)13/h1-4,6-7,10H,5,8-9H2. The molecule has 1 nitrogen and oxygen atoms in total. The van der Waals surface area contributed by atoms with E-state index >= 15 is 0 Å². The molecular weight excluding hydrogens is 158 g/mol. The Bertz CT molecular complexity index is 310. The molecule has 66 valence electrons. The van der Waals surface area contributed by atoms with E-state index in [0.29, 0.717) is 0 Å². The maximum atomic E-state index is 2.48. The van der Waals surface area contributed by atoms with E-state index in [1.54, 1.807) is 5.57 Å². The molecule has 0 aromatic rings. The summed E-state index contributed by atoms with van der Waals surface area (Å²) in [5.41, 5.74) is 3.00. The first kappa shape index (κ1) is 7.19. The molecule has 13 heavy (non-hydrogen) atoms. The van der Waals surface area contributed by atoms with Crippen LogP contribution >= 0.6 is 0 Å². The molecule has 0 saturated carbocycles. The second kappa shape index (κ2) is 2.63. The van der Waals surface area contributed by atoms with E-state index < -0.39 is 0 Å². The van der Waals surface area contributed by atoms with Crippen molar-refractivity contribution >= 4 is 0 Å². The highest BCUT2D eigenvalue weighted by Gasteiger charge is 2.31. The Hall–Kier alpha value is -1.24. The van der Waals surface area contributed by atoms with Crippen molar-refractivity contribution in [1.82, 2.24) is 4.90 Å². The lowest BCUT2D eigenvalue weighted by Gasteiger charge is -2.20. The third-order valence-corrected chi connectivity index (χ3v) is 3.07. The van der Waals surface area contributed by atoms with E-state index in [2.05, 4.69) is 41.4 Å². The van der Waals surface area contributed by atoms with Gasteiger partial charge in [-0.3, -0.25) is 0 Å². The fourth-order valence-electron chi connectivity index (χ4n) is 2.41. The van der Waals surface area contributed by atoms with E-state index in [4.69, 9.17) is 0 Å². The second-order valence-corrected chi connectivity index (χ2v) is 3.87. The summed E-state index contributed by atoms with van der Waals surface area (Å²) in [5.74, 6) is 0.760. The molecule has 0 radical (unpaired) electrons. The van der Waals surface area contributed by atoms with Crippen LogP contribution in [0.25, 0.3) is 0 Å². The molecule has 0 spiro atoms. The molecule has 0 bridgehead atoms. The Morgan fingerprint density at radius 2 is 2.08 bits per heavy atom. The van der Waals surface area contributed by atoms with Crippen LogP contribution in [0.3, 0.4) is 0 Å². The first-order valence-electron chi connectivity index (χ1n) is 4.94. The molecule has 1 atom stereocenters. The second-order valence-electron chi connectivity index (χ2n) is 3.87. The van der Waals surface area contributed by atoms with Gasteiger partial charge in [0, 0.05) is 24.7 Å². The third-order valence-electron chi connectivity index (χ3n) is 3.07. The largest absolute Gasteiger partial charge is 0.367 e. The van der Waals surface area contributed by atoms with E-state index in [9.17, 15) is 0 Å². The quantitative estimate of drug-likeness (QED) is 0.540. The lowest BCUT2D eigenvalue weighted by Crippen LogP contribution is -2.20. The van der Waals surface area contributed by atoms with Gasteiger partial charge in [0.2, 0.25) is 0 Å². The van der Waals surface area contributed by atoms with Gasteiger partial charge in [0.15, 0.2) is 0 Å². The van der Waals surface area contributed by atoms with E-state index in [1.807, 2.05) is 0 Å². The van der Waals surface area contributed by atoms with Gasteiger partial charge < -0.3 is 4.90 Å². The molecule has 0 amide bonds. The van der Waals surface area contributed by atoms with Crippen molar-refractivity contribution < 1.29 is 0 Å². The number of rotatable bonds is 0. The van der Waals surface area contributed by atoms with Gasteiger partial charge in [-0.2, -0.15) is 0 Å². The zero-order chi connectivity index (χ0) is 8.67. The normalized spacial score (nSPS) is 29.5. The van der Waals surface area contributed by atoms with Gasteiger partial charge in [0.1, 0.15) is 0 Å². The van der Waals surface area contributed by atoms with Crippen LogP contribution < -0.4 is 0 Å². The van der Waals surface area contributed by atoms with Gasteiger partial charge in [-0.25, -0.2) is 0 Å². The van der Waals surface area contributed by atoms with Gasteiger partial charge in [0.05, 0.1) is 0 Å². The van der Waals surface area contributed by atoms with Crippen LogP contribution in [0.5, 0.6) is 0 Å². The fourth-order valence-corrected chi connectivity index (χ4v) is 2.41. The highest BCUT2D eigenvalue weighted by atomic mass is 15.2. The van der Waals surface area contributed by atoms with Crippen LogP contribution in [-0.2, 0) is 0 Å². The summed E-state index contributed by atoms with van der Waals surface area (Å²) in [6.07, 6.45) is 14.6. The summed E-state index contributed by atoms with van der Waals surface area (Å²) >= 11 is 0. The smallest absolute Gasteiger partial charge is 0.0405 e. The maximum absolute atomic E-state index is 2.48. The van der Waals surface area contributed by atoms with Crippen molar-refractivity contribution in [2.24, 2.45) is 5.92 Å². The molecule has 0 N–H and O–H groups in total. The van der Waals surface area contributed by atoms with E-state index in [0.717, 1.165) is 12.5 Å². The molecule has 3 aliphatic rings. The number of hydrogen-bond donors (Lipinski definition) is 0. The average molecular weight is 171 g/mol. The highest BCUT2D eigenvalue weighted by molar-refractivity contribution is 5.44. The fraction of sp³-hybridized carbons (Fsp3) is 0.333. The Morgan fingerprint density at radius 1 is 1.15 bits per heavy atom. The molecule has 2 aliphatic heterocycles. The topological polar surface area (TPSA) is 3.24 Å². The molecule has 1 heteroatoms. The van der Waals surface area contributed by atoms with Crippen molar-refractivity contribution in [1.29, 1.82) is 0 Å². The summed E-state index contributed by atoms with van der Waals surface area (Å²) in [7, 11) is 0. The number of nitrogens with zero attached hydrogens (tertiary/aromatic N) is 1. The number of fused-ring (bicyclic) bond motifs is 3. The van der Waals surface area contributed by atoms with Crippen LogP contribution in [0.4, 0.5) is 0 Å². The first-order chi connectivity index (χ1) is 6.45. The number of allylic oxidation sites excluding steroid dienone is 6. The molecule has 1 aliphatic carbocycles. The monoisotopic (exact) mass is 171 g/mol. The molecular formula is C12H13N. The molecule has 0 aromatic carbocycles. The van der Waals surface area contributed by atoms with E-state index in [-0.39, 0.29) is 0 Å². The van der Waals surface area contributed by atoms with Crippen molar-refractivity contribution in [3.8, 4) is 0 Å². The van der Waals surface area contributed by atoms with Crippen molar-refractivity contribution in [3.05, 3.63) is 47.7 Å². The van der Waals surface area contributed by atoms with Crippen LogP contribution in [0.1, 0.15) is 6.42 Å². The van der Waals surface area contributed by atoms with Crippen molar-refractivity contribution in [2.45, 2.75) is 6.42 Å². The summed E-state index contributed by atoms with van der Waals surface area (Å²) in [6.45, 7) is 2.31. The van der Waals surface area contributed by atoms with Crippen LogP contribution in [-0.4, -0.2) is 18.0 Å². The van der Waals surface area contributed by atoms with Gasteiger partial charge in [-0.15, -0.1) is 0 Å². The minimum Gasteiger partial charge on any atom is -0.367 e. The van der Waals surface area contributed by atoms with Gasteiger partial charge in [0.25, 0.3) is 0 Å². The molecule has 1 unspecified atom stereocenters. The molecule has 3 rings (SSSR count). The zero-order valence-corrected chi connectivity index (χ0v) is 7.61. The molecule has 1 fully saturated rings. The minimum absolute atomic E-state index is 0.760. The van der Waals surface area contributed by atoms with Crippen LogP contribution in [0.15, 0.2) is 47.7 Å². The van der Waals surface area contributed by atoms with E-state index in [1.165, 1.54) is 18.7 Å². The van der Waals surface area contributed by atoms with Gasteiger partial charge >= 0.3 is 0 Å². The van der Waals surface area contributed by atoms with Crippen molar-refractivity contribution in [2.75, 3.05) is 13.1 Å². The average Bonchev–Trinajstić information content (AvgIpc) is 2.56. The highest BCUT2D eigenvalue weighted by Crippen LogP contribution is 2.37. The predicted octanol–water partition coefficient (Wildman–Crippen LogP) is 2.26. The summed E-state index contributed by atoms with van der Waals surface area (Å²) in [5, 5.41) is 0.